The van der Waals surface area contributed by atoms with Crippen LogP contribution in [0, 0.1) is 18.3 Å². The van der Waals surface area contributed by atoms with E-state index in [-0.39, 0.29) is 5.69 Å². The number of sulfonamides is 1. The van der Waals surface area contributed by atoms with E-state index in [0.29, 0.717) is 11.1 Å². The van der Waals surface area contributed by atoms with E-state index in [0.717, 1.165) is 7.11 Å². The van der Waals surface area contributed by atoms with Gasteiger partial charge in [-0.3, -0.25) is 9.52 Å². The van der Waals surface area contributed by atoms with Crippen LogP contribution < -0.4 is 4.72 Å². The molecule has 0 bridgehead atoms. The van der Waals surface area contributed by atoms with Crippen LogP contribution in [0.1, 0.15) is 11.1 Å². The second-order valence-electron chi connectivity index (χ2n) is 3.58. The van der Waals surface area contributed by atoms with Crippen LogP contribution in [0.3, 0.4) is 0 Å². The first-order valence-electron chi connectivity index (χ1n) is 4.96. The number of rotatable bonds is 4. The van der Waals surface area contributed by atoms with Gasteiger partial charge in [0.15, 0.2) is 5.75 Å². The average molecular weight is 268 g/mol. The maximum Gasteiger partial charge on any atom is 0.322 e. The zero-order chi connectivity index (χ0) is 13.8. The number of methoxy groups -OCH3 is 1. The molecule has 0 saturated carbocycles. The zero-order valence-corrected chi connectivity index (χ0v) is 10.7. The Morgan fingerprint density at radius 1 is 1.50 bits per heavy atom. The monoisotopic (exact) mass is 268 g/mol. The second kappa shape index (κ2) is 5.51. The lowest BCUT2D eigenvalue weighted by molar-refractivity contribution is -0.137. The molecule has 6 nitrogen and oxygen atoms in total. The summed E-state index contributed by atoms with van der Waals surface area (Å²) >= 11 is 0. The third kappa shape index (κ3) is 3.75. The van der Waals surface area contributed by atoms with Crippen LogP contribution in [-0.4, -0.2) is 27.2 Å². The van der Waals surface area contributed by atoms with E-state index in [4.69, 9.17) is 5.26 Å². The second-order valence-corrected chi connectivity index (χ2v) is 5.30. The zero-order valence-electron chi connectivity index (χ0n) is 9.93. The van der Waals surface area contributed by atoms with Crippen molar-refractivity contribution in [3.63, 3.8) is 0 Å². The van der Waals surface area contributed by atoms with E-state index in [1.807, 2.05) is 6.07 Å². The first kappa shape index (κ1) is 14.0. The minimum Gasteiger partial charge on any atom is -0.468 e. The van der Waals surface area contributed by atoms with Gasteiger partial charge in [-0.1, -0.05) is 6.07 Å². The lowest BCUT2D eigenvalue weighted by Gasteiger charge is -2.09. The van der Waals surface area contributed by atoms with Gasteiger partial charge in [0.2, 0.25) is 10.0 Å². The molecule has 7 heteroatoms. The first-order chi connectivity index (χ1) is 8.38. The molecule has 18 heavy (non-hydrogen) atoms. The molecular formula is C11H12N2O4S. The molecule has 0 fully saturated rings. The molecule has 1 aromatic rings. The van der Waals surface area contributed by atoms with Gasteiger partial charge >= 0.3 is 5.97 Å². The van der Waals surface area contributed by atoms with Gasteiger partial charge in [-0.25, -0.2) is 8.42 Å². The van der Waals surface area contributed by atoms with E-state index in [1.54, 1.807) is 19.1 Å². The molecule has 0 aromatic heterocycles. The predicted molar refractivity (Wildman–Crippen MR) is 65.3 cm³/mol. The van der Waals surface area contributed by atoms with Crippen molar-refractivity contribution in [3.05, 3.63) is 29.3 Å². The number of anilines is 1. The Balaban J connectivity index is 2.97. The molecular weight excluding hydrogens is 256 g/mol. The summed E-state index contributed by atoms with van der Waals surface area (Å²) in [6.07, 6.45) is 0. The molecule has 0 aliphatic carbocycles. The van der Waals surface area contributed by atoms with E-state index in [2.05, 4.69) is 9.46 Å². The lowest BCUT2D eigenvalue weighted by Crippen LogP contribution is -2.24. The normalized spacial score (nSPS) is 10.5. The molecule has 0 heterocycles. The van der Waals surface area contributed by atoms with Crippen molar-refractivity contribution in [3.8, 4) is 6.07 Å². The van der Waals surface area contributed by atoms with Crippen molar-refractivity contribution in [2.45, 2.75) is 6.92 Å². The third-order valence-electron chi connectivity index (χ3n) is 2.17. The Morgan fingerprint density at radius 2 is 2.17 bits per heavy atom. The quantitative estimate of drug-likeness (QED) is 0.814. The summed E-state index contributed by atoms with van der Waals surface area (Å²) in [6, 6.07) is 6.51. The smallest absolute Gasteiger partial charge is 0.322 e. The summed E-state index contributed by atoms with van der Waals surface area (Å²) in [7, 11) is -2.72. The number of esters is 1. The standard InChI is InChI=1S/C11H12N2O4S/c1-8-3-4-9(6-12)5-10(8)13-18(15,16)7-11(14)17-2/h3-5,13H,7H2,1-2H3. The Morgan fingerprint density at radius 3 is 2.72 bits per heavy atom. The first-order valence-corrected chi connectivity index (χ1v) is 6.61. The minimum atomic E-state index is -3.83. The summed E-state index contributed by atoms with van der Waals surface area (Å²) in [5.41, 5.74) is 1.26. The molecule has 1 rings (SSSR count). The number of ether oxygens (including phenoxy) is 1. The molecule has 0 atom stereocenters. The van der Waals surface area contributed by atoms with Crippen molar-refractivity contribution in [2.24, 2.45) is 0 Å². The van der Waals surface area contributed by atoms with Crippen LogP contribution >= 0.6 is 0 Å². The number of hydrogen-bond donors (Lipinski definition) is 1. The number of nitrogens with one attached hydrogen (secondary N) is 1. The highest BCUT2D eigenvalue weighted by atomic mass is 32.2. The Kier molecular flexibility index (Phi) is 4.28. The van der Waals surface area contributed by atoms with E-state index in [9.17, 15) is 13.2 Å². The van der Waals surface area contributed by atoms with Gasteiger partial charge < -0.3 is 4.74 Å². The molecule has 1 N–H and O–H groups in total. The van der Waals surface area contributed by atoms with Crippen LogP contribution in [0.25, 0.3) is 0 Å². The molecule has 0 saturated heterocycles. The topological polar surface area (TPSA) is 96.3 Å². The van der Waals surface area contributed by atoms with Gasteiger partial charge in [0.25, 0.3) is 0 Å². The number of aryl methyl sites for hydroxylation is 1. The number of hydrogen-bond acceptors (Lipinski definition) is 5. The molecule has 0 spiro atoms. The predicted octanol–water partition coefficient (Wildman–Crippen LogP) is 0.781. The molecule has 0 aliphatic heterocycles. The molecule has 0 unspecified atom stereocenters. The molecule has 0 aliphatic rings. The van der Waals surface area contributed by atoms with E-state index >= 15 is 0 Å². The fourth-order valence-electron chi connectivity index (χ4n) is 1.22. The summed E-state index contributed by atoms with van der Waals surface area (Å²) in [5.74, 6) is -1.61. The summed E-state index contributed by atoms with van der Waals surface area (Å²) in [4.78, 5) is 10.9. The lowest BCUT2D eigenvalue weighted by atomic mass is 10.1. The molecule has 1 aromatic carbocycles. The largest absolute Gasteiger partial charge is 0.468 e. The number of benzene rings is 1. The van der Waals surface area contributed by atoms with Crippen molar-refractivity contribution in [2.75, 3.05) is 17.6 Å². The van der Waals surface area contributed by atoms with Crippen molar-refractivity contribution >= 4 is 21.7 Å². The number of nitrogens with zero attached hydrogens (tertiary/aromatic N) is 1. The van der Waals surface area contributed by atoms with E-state index < -0.39 is 21.7 Å². The Hall–Kier alpha value is -2.07. The number of carbonyl (C=O) groups excluding carboxylic acids is 1. The van der Waals surface area contributed by atoms with Crippen LogP contribution in [0.4, 0.5) is 5.69 Å². The average Bonchev–Trinajstić information content (AvgIpc) is 2.31. The van der Waals surface area contributed by atoms with Crippen molar-refractivity contribution in [1.82, 2.24) is 0 Å². The van der Waals surface area contributed by atoms with Gasteiger partial charge in [-0.05, 0) is 24.6 Å². The molecule has 96 valence electrons. The molecule has 0 radical (unpaired) electrons. The highest BCUT2D eigenvalue weighted by Gasteiger charge is 2.17. The number of nitriles is 1. The van der Waals surface area contributed by atoms with Gasteiger partial charge in [0.05, 0.1) is 24.4 Å². The van der Waals surface area contributed by atoms with Crippen LogP contribution in [0.5, 0.6) is 0 Å². The Labute approximate surface area is 105 Å². The van der Waals surface area contributed by atoms with Gasteiger partial charge in [0.1, 0.15) is 0 Å². The summed E-state index contributed by atoms with van der Waals surface area (Å²) in [6.45, 7) is 1.69. The van der Waals surface area contributed by atoms with Gasteiger partial charge in [-0.15, -0.1) is 0 Å². The maximum atomic E-state index is 11.6. The highest BCUT2D eigenvalue weighted by Crippen LogP contribution is 2.17. The summed E-state index contributed by atoms with van der Waals surface area (Å²) in [5, 5.41) is 8.73. The van der Waals surface area contributed by atoms with E-state index in [1.165, 1.54) is 6.07 Å². The maximum absolute atomic E-state index is 11.6. The fraction of sp³-hybridized carbons (Fsp3) is 0.273. The fourth-order valence-corrected chi connectivity index (χ4v) is 2.27. The molecule has 0 amide bonds. The van der Waals surface area contributed by atoms with Crippen molar-refractivity contribution in [1.29, 1.82) is 5.26 Å². The van der Waals surface area contributed by atoms with Crippen LogP contribution in [-0.2, 0) is 19.6 Å². The third-order valence-corrected chi connectivity index (χ3v) is 3.31. The minimum absolute atomic E-state index is 0.276. The van der Waals surface area contributed by atoms with Gasteiger partial charge in [0, 0.05) is 0 Å². The Bertz CT molecular complexity index is 602. The van der Waals surface area contributed by atoms with Crippen LogP contribution in [0.2, 0.25) is 0 Å². The SMILES string of the molecule is COC(=O)CS(=O)(=O)Nc1cc(C#N)ccc1C. The van der Waals surface area contributed by atoms with Crippen LogP contribution in [0.15, 0.2) is 18.2 Å². The van der Waals surface area contributed by atoms with Crippen molar-refractivity contribution < 1.29 is 17.9 Å². The summed E-state index contributed by atoms with van der Waals surface area (Å²) < 4.78 is 29.8. The number of carbonyl (C=O) groups is 1. The highest BCUT2D eigenvalue weighted by molar-refractivity contribution is 7.93. The van der Waals surface area contributed by atoms with Gasteiger partial charge in [-0.2, -0.15) is 5.26 Å².